The third-order valence-corrected chi connectivity index (χ3v) is 4.06. The highest BCUT2D eigenvalue weighted by Crippen LogP contribution is 2.18. The summed E-state index contributed by atoms with van der Waals surface area (Å²) >= 11 is 0. The van der Waals surface area contributed by atoms with Crippen molar-refractivity contribution in [3.63, 3.8) is 0 Å². The van der Waals surface area contributed by atoms with Crippen LogP contribution in [0.15, 0.2) is 0 Å². The highest BCUT2D eigenvalue weighted by molar-refractivity contribution is 7.92. The van der Waals surface area contributed by atoms with Gasteiger partial charge >= 0.3 is 0 Å². The van der Waals surface area contributed by atoms with Gasteiger partial charge in [0.05, 0.1) is 11.0 Å². The normalized spacial score (nSPS) is 14.0. The zero-order valence-electron chi connectivity index (χ0n) is 8.01. The Kier molecular flexibility index (Phi) is 3.12. The Morgan fingerprint density at radius 1 is 1.18 bits per heavy atom. The Bertz CT molecular complexity index is 207. The van der Waals surface area contributed by atoms with Gasteiger partial charge in [-0.05, 0) is 19.3 Å². The SMILES string of the molecule is CC(C)S(=O)(=O)CC(C)(C)C. The Morgan fingerprint density at radius 3 is 1.64 bits per heavy atom. The molecule has 68 valence electrons. The molecule has 0 N–H and O–H groups in total. The quantitative estimate of drug-likeness (QED) is 0.646. The third kappa shape index (κ3) is 4.40. The van der Waals surface area contributed by atoms with Crippen LogP contribution in [0.2, 0.25) is 0 Å². The largest absolute Gasteiger partial charge is 0.229 e. The third-order valence-electron chi connectivity index (χ3n) is 1.35. The van der Waals surface area contributed by atoms with E-state index in [0.29, 0.717) is 0 Å². The van der Waals surface area contributed by atoms with E-state index in [1.807, 2.05) is 20.8 Å². The molecule has 0 spiro atoms. The molecule has 3 heteroatoms. The predicted molar refractivity (Wildman–Crippen MR) is 48.4 cm³/mol. The van der Waals surface area contributed by atoms with E-state index < -0.39 is 9.84 Å². The van der Waals surface area contributed by atoms with E-state index in [1.165, 1.54) is 0 Å². The first kappa shape index (κ1) is 11.0. The minimum Gasteiger partial charge on any atom is -0.229 e. The van der Waals surface area contributed by atoms with Crippen molar-refractivity contribution in [3.05, 3.63) is 0 Å². The molecule has 0 aliphatic heterocycles. The minimum atomic E-state index is -2.86. The summed E-state index contributed by atoms with van der Waals surface area (Å²) in [6, 6.07) is 0. The van der Waals surface area contributed by atoms with Crippen LogP contribution in [-0.4, -0.2) is 19.4 Å². The number of sulfone groups is 1. The van der Waals surface area contributed by atoms with E-state index in [-0.39, 0.29) is 16.4 Å². The van der Waals surface area contributed by atoms with Crippen LogP contribution in [0.5, 0.6) is 0 Å². The standard InChI is InChI=1S/C8H18O2S/c1-7(2)11(9,10)6-8(3,4)5/h7H,6H2,1-5H3. The average Bonchev–Trinajstić information content (AvgIpc) is 1.56. The summed E-state index contributed by atoms with van der Waals surface area (Å²) in [5.74, 6) is 0.275. The van der Waals surface area contributed by atoms with Crippen LogP contribution in [0.1, 0.15) is 34.6 Å². The van der Waals surface area contributed by atoms with Gasteiger partial charge in [0.15, 0.2) is 9.84 Å². The molecule has 0 saturated heterocycles. The predicted octanol–water partition coefficient (Wildman–Crippen LogP) is 1.86. The Hall–Kier alpha value is -0.0500. The second kappa shape index (κ2) is 3.13. The first-order valence-electron chi connectivity index (χ1n) is 3.87. The van der Waals surface area contributed by atoms with Crippen molar-refractivity contribution in [1.82, 2.24) is 0 Å². The molecule has 0 aromatic rings. The maximum atomic E-state index is 11.3. The van der Waals surface area contributed by atoms with E-state index in [1.54, 1.807) is 13.8 Å². The summed E-state index contributed by atoms with van der Waals surface area (Å²) in [5.41, 5.74) is -0.122. The van der Waals surface area contributed by atoms with E-state index in [9.17, 15) is 8.42 Å². The molecule has 0 aliphatic carbocycles. The van der Waals surface area contributed by atoms with Crippen molar-refractivity contribution in [1.29, 1.82) is 0 Å². The van der Waals surface area contributed by atoms with Crippen LogP contribution >= 0.6 is 0 Å². The van der Waals surface area contributed by atoms with Crippen LogP contribution in [0.4, 0.5) is 0 Å². The van der Waals surface area contributed by atoms with Gasteiger partial charge in [0.1, 0.15) is 0 Å². The van der Waals surface area contributed by atoms with Gasteiger partial charge in [0.25, 0.3) is 0 Å². The number of rotatable bonds is 2. The van der Waals surface area contributed by atoms with E-state index >= 15 is 0 Å². The summed E-state index contributed by atoms with van der Waals surface area (Å²) < 4.78 is 22.7. The average molecular weight is 178 g/mol. The summed E-state index contributed by atoms with van der Waals surface area (Å²) in [7, 11) is -2.86. The molecule has 11 heavy (non-hydrogen) atoms. The smallest absolute Gasteiger partial charge is 0.153 e. The summed E-state index contributed by atoms with van der Waals surface area (Å²) in [4.78, 5) is 0. The van der Waals surface area contributed by atoms with Crippen molar-refractivity contribution < 1.29 is 8.42 Å². The summed E-state index contributed by atoms with van der Waals surface area (Å²) in [5, 5.41) is -0.248. The van der Waals surface area contributed by atoms with Crippen molar-refractivity contribution >= 4 is 9.84 Å². The van der Waals surface area contributed by atoms with Gasteiger partial charge < -0.3 is 0 Å². The summed E-state index contributed by atoms with van der Waals surface area (Å²) in [6.45, 7) is 9.26. The molecule has 0 atom stereocenters. The van der Waals surface area contributed by atoms with Gasteiger partial charge in [0, 0.05) is 0 Å². The number of hydrogen-bond donors (Lipinski definition) is 0. The molecular weight excluding hydrogens is 160 g/mol. The first-order chi connectivity index (χ1) is 4.65. The van der Waals surface area contributed by atoms with Gasteiger partial charge in [0.2, 0.25) is 0 Å². The lowest BCUT2D eigenvalue weighted by molar-refractivity contribution is 0.459. The van der Waals surface area contributed by atoms with Crippen LogP contribution in [0.3, 0.4) is 0 Å². The lowest BCUT2D eigenvalue weighted by Crippen LogP contribution is -2.26. The van der Waals surface area contributed by atoms with Crippen LogP contribution < -0.4 is 0 Å². The maximum Gasteiger partial charge on any atom is 0.153 e. The second-order valence-corrected chi connectivity index (χ2v) is 6.97. The molecule has 0 radical (unpaired) electrons. The molecule has 0 aromatic heterocycles. The Morgan fingerprint density at radius 2 is 1.55 bits per heavy atom. The lowest BCUT2D eigenvalue weighted by Gasteiger charge is -2.19. The van der Waals surface area contributed by atoms with Crippen molar-refractivity contribution in [3.8, 4) is 0 Å². The second-order valence-electron chi connectivity index (χ2n) is 4.42. The van der Waals surface area contributed by atoms with E-state index in [2.05, 4.69) is 0 Å². The zero-order chi connectivity index (χ0) is 9.28. The maximum absolute atomic E-state index is 11.3. The molecule has 0 amide bonds. The minimum absolute atomic E-state index is 0.122. The monoisotopic (exact) mass is 178 g/mol. The van der Waals surface area contributed by atoms with Crippen LogP contribution in [0, 0.1) is 5.41 Å². The molecule has 2 nitrogen and oxygen atoms in total. The van der Waals surface area contributed by atoms with Crippen LogP contribution in [-0.2, 0) is 9.84 Å². The molecule has 0 bridgehead atoms. The van der Waals surface area contributed by atoms with Gasteiger partial charge in [-0.25, -0.2) is 8.42 Å². The van der Waals surface area contributed by atoms with Gasteiger partial charge in [-0.1, -0.05) is 20.8 Å². The number of hydrogen-bond acceptors (Lipinski definition) is 2. The van der Waals surface area contributed by atoms with Gasteiger partial charge in [-0.15, -0.1) is 0 Å². The van der Waals surface area contributed by atoms with Crippen molar-refractivity contribution in [2.75, 3.05) is 5.75 Å². The highest BCUT2D eigenvalue weighted by Gasteiger charge is 2.23. The highest BCUT2D eigenvalue weighted by atomic mass is 32.2. The first-order valence-corrected chi connectivity index (χ1v) is 5.58. The zero-order valence-corrected chi connectivity index (χ0v) is 8.83. The van der Waals surface area contributed by atoms with E-state index in [0.717, 1.165) is 0 Å². The Labute approximate surface area is 69.9 Å². The van der Waals surface area contributed by atoms with Gasteiger partial charge in [-0.3, -0.25) is 0 Å². The molecule has 0 saturated carbocycles. The molecule has 0 fully saturated rings. The lowest BCUT2D eigenvalue weighted by atomic mass is 10.0. The molecule has 0 rings (SSSR count). The van der Waals surface area contributed by atoms with Crippen molar-refractivity contribution in [2.24, 2.45) is 5.41 Å². The molecule has 0 unspecified atom stereocenters. The fourth-order valence-electron chi connectivity index (χ4n) is 0.770. The fourth-order valence-corrected chi connectivity index (χ4v) is 2.31. The summed E-state index contributed by atoms with van der Waals surface area (Å²) in [6.07, 6.45) is 0. The topological polar surface area (TPSA) is 34.1 Å². The molecule has 0 aliphatic rings. The van der Waals surface area contributed by atoms with Crippen molar-refractivity contribution in [2.45, 2.75) is 39.9 Å². The molecule has 0 heterocycles. The van der Waals surface area contributed by atoms with E-state index in [4.69, 9.17) is 0 Å². The molecular formula is C8H18O2S. The van der Waals surface area contributed by atoms with Gasteiger partial charge in [-0.2, -0.15) is 0 Å². The van der Waals surface area contributed by atoms with Crippen LogP contribution in [0.25, 0.3) is 0 Å². The molecule has 0 aromatic carbocycles. The Balaban J connectivity index is 4.40. The fraction of sp³-hybridized carbons (Fsp3) is 1.00.